The third kappa shape index (κ3) is 4.62. The number of pyridine rings is 1. The van der Waals surface area contributed by atoms with Crippen LogP contribution < -0.4 is 15.6 Å². The molecule has 0 aliphatic carbocycles. The Hall–Kier alpha value is -4.18. The van der Waals surface area contributed by atoms with E-state index in [-0.39, 0.29) is 10.5 Å². The van der Waals surface area contributed by atoms with E-state index >= 15 is 0 Å². The van der Waals surface area contributed by atoms with E-state index in [1.54, 1.807) is 47.9 Å². The summed E-state index contributed by atoms with van der Waals surface area (Å²) < 4.78 is 29.4. The van der Waals surface area contributed by atoms with Crippen LogP contribution in [0, 0.1) is 20.8 Å². The molecule has 174 valence electrons. The van der Waals surface area contributed by atoms with E-state index in [1.807, 2.05) is 19.9 Å². The number of aromatic nitrogens is 2. The Labute approximate surface area is 196 Å². The Kier molecular flexibility index (Phi) is 6.08. The summed E-state index contributed by atoms with van der Waals surface area (Å²) in [4.78, 5) is 29.5. The average Bonchev–Trinajstić information content (AvgIpc) is 3.15. The first-order chi connectivity index (χ1) is 16.2. The summed E-state index contributed by atoms with van der Waals surface area (Å²) in [6.07, 6.45) is 1.71. The largest absolute Gasteiger partial charge is 0.295 e. The van der Waals surface area contributed by atoms with Crippen molar-refractivity contribution in [1.82, 2.24) is 20.2 Å². The number of rotatable bonds is 5. The topological polar surface area (TPSA) is 122 Å². The summed E-state index contributed by atoms with van der Waals surface area (Å²) in [7, 11) is -3.77. The van der Waals surface area contributed by atoms with E-state index in [9.17, 15) is 18.0 Å². The van der Waals surface area contributed by atoms with Gasteiger partial charge in [0, 0.05) is 17.4 Å². The zero-order chi connectivity index (χ0) is 24.5. The van der Waals surface area contributed by atoms with Crippen molar-refractivity contribution in [3.05, 3.63) is 94.9 Å². The number of amides is 2. The van der Waals surface area contributed by atoms with E-state index in [0.29, 0.717) is 22.7 Å². The van der Waals surface area contributed by atoms with Crippen LogP contribution in [0.15, 0.2) is 71.8 Å². The van der Waals surface area contributed by atoms with Gasteiger partial charge in [-0.05, 0) is 80.4 Å². The Morgan fingerprint density at radius 1 is 0.853 bits per heavy atom. The Bertz CT molecular complexity index is 1510. The van der Waals surface area contributed by atoms with Gasteiger partial charge in [0.2, 0.25) is 0 Å². The molecule has 0 fully saturated rings. The third-order valence-electron chi connectivity index (χ3n) is 5.40. The number of benzene rings is 2. The Balaban J connectivity index is 1.41. The van der Waals surface area contributed by atoms with Crippen molar-refractivity contribution in [2.45, 2.75) is 25.7 Å². The number of hydrogen-bond donors (Lipinski definition) is 3. The molecule has 2 heterocycles. The maximum atomic E-state index is 12.6. The normalized spacial score (nSPS) is 11.3. The fraction of sp³-hybridized carbons (Fsp3) is 0.125. The van der Waals surface area contributed by atoms with Crippen LogP contribution in [0.2, 0.25) is 0 Å². The molecule has 9 nitrogen and oxygen atoms in total. The van der Waals surface area contributed by atoms with Crippen LogP contribution in [0.1, 0.15) is 37.7 Å². The highest BCUT2D eigenvalue weighted by Crippen LogP contribution is 2.19. The van der Waals surface area contributed by atoms with E-state index in [4.69, 9.17) is 0 Å². The van der Waals surface area contributed by atoms with Crippen molar-refractivity contribution < 1.29 is 18.0 Å². The highest BCUT2D eigenvalue weighted by molar-refractivity contribution is 7.92. The van der Waals surface area contributed by atoms with Gasteiger partial charge in [0.15, 0.2) is 0 Å². The summed E-state index contributed by atoms with van der Waals surface area (Å²) in [5, 5.41) is 0. The van der Waals surface area contributed by atoms with Gasteiger partial charge in [-0.1, -0.05) is 12.1 Å². The minimum Gasteiger partial charge on any atom is -0.295 e. The molecule has 0 atom stereocenters. The molecule has 0 unspecified atom stereocenters. The van der Waals surface area contributed by atoms with E-state index < -0.39 is 21.8 Å². The first-order valence-corrected chi connectivity index (χ1v) is 11.9. The number of hydrogen-bond acceptors (Lipinski definition) is 5. The molecule has 0 saturated heterocycles. The van der Waals surface area contributed by atoms with Crippen LogP contribution in [0.3, 0.4) is 0 Å². The molecule has 4 aromatic rings. The fourth-order valence-electron chi connectivity index (χ4n) is 3.42. The maximum absolute atomic E-state index is 12.6. The second kappa shape index (κ2) is 8.99. The standard InChI is InChI=1S/C24H23N5O4S/c1-15-7-12-20(14-16(15)2)34(32,33)28-19-10-8-18(9-11-19)23(30)26-27-24(31)22-17(3)25-21-6-4-5-13-29(21)22/h4-14,28H,1-3H3,(H,26,30)(H,27,31). The number of fused-ring (bicyclic) bond motifs is 1. The number of imidazole rings is 1. The first kappa shape index (κ1) is 23.0. The van der Waals surface area contributed by atoms with Crippen molar-refractivity contribution in [2.24, 2.45) is 0 Å². The summed E-state index contributed by atoms with van der Waals surface area (Å²) in [6.45, 7) is 5.46. The lowest BCUT2D eigenvalue weighted by molar-refractivity contribution is 0.0843. The summed E-state index contributed by atoms with van der Waals surface area (Å²) in [5.41, 5.74) is 8.63. The van der Waals surface area contributed by atoms with Gasteiger partial charge >= 0.3 is 0 Å². The molecule has 0 saturated carbocycles. The van der Waals surface area contributed by atoms with Crippen molar-refractivity contribution >= 4 is 33.2 Å². The number of nitrogens with one attached hydrogen (secondary N) is 3. The second-order valence-corrected chi connectivity index (χ2v) is 9.49. The summed E-state index contributed by atoms with van der Waals surface area (Å²) in [5.74, 6) is -1.06. The number of aryl methyl sites for hydroxylation is 3. The molecular weight excluding hydrogens is 454 g/mol. The zero-order valence-electron chi connectivity index (χ0n) is 18.8. The molecule has 0 radical (unpaired) electrons. The predicted molar refractivity (Wildman–Crippen MR) is 128 cm³/mol. The minimum absolute atomic E-state index is 0.155. The number of nitrogens with zero attached hydrogens (tertiary/aromatic N) is 2. The highest BCUT2D eigenvalue weighted by atomic mass is 32.2. The van der Waals surface area contributed by atoms with Crippen molar-refractivity contribution in [3.8, 4) is 0 Å². The molecule has 0 spiro atoms. The van der Waals surface area contributed by atoms with Gasteiger partial charge in [-0.2, -0.15) is 0 Å². The van der Waals surface area contributed by atoms with Crippen molar-refractivity contribution in [3.63, 3.8) is 0 Å². The molecule has 34 heavy (non-hydrogen) atoms. The molecule has 10 heteroatoms. The molecule has 2 aromatic carbocycles. The molecule has 0 aliphatic heterocycles. The SMILES string of the molecule is Cc1ccc(S(=O)(=O)Nc2ccc(C(=O)NNC(=O)c3c(C)nc4ccccn34)cc2)cc1C. The van der Waals surface area contributed by atoms with E-state index in [1.165, 1.54) is 24.3 Å². The van der Waals surface area contributed by atoms with Gasteiger partial charge in [0.05, 0.1) is 10.6 Å². The van der Waals surface area contributed by atoms with Crippen LogP contribution in [0.5, 0.6) is 0 Å². The van der Waals surface area contributed by atoms with Crippen LogP contribution in [-0.4, -0.2) is 29.6 Å². The highest BCUT2D eigenvalue weighted by Gasteiger charge is 2.18. The van der Waals surface area contributed by atoms with Crippen LogP contribution >= 0.6 is 0 Å². The number of anilines is 1. The lowest BCUT2D eigenvalue weighted by atomic mass is 10.1. The van der Waals surface area contributed by atoms with E-state index in [2.05, 4.69) is 20.6 Å². The first-order valence-electron chi connectivity index (χ1n) is 10.4. The van der Waals surface area contributed by atoms with Gasteiger partial charge in [0.25, 0.3) is 21.8 Å². The number of carbonyl (C=O) groups is 2. The summed E-state index contributed by atoms with van der Waals surface area (Å²) >= 11 is 0. The van der Waals surface area contributed by atoms with Crippen molar-refractivity contribution in [2.75, 3.05) is 4.72 Å². The molecule has 0 aliphatic rings. The Morgan fingerprint density at radius 2 is 1.56 bits per heavy atom. The van der Waals surface area contributed by atoms with E-state index in [0.717, 1.165) is 11.1 Å². The van der Waals surface area contributed by atoms with Crippen LogP contribution in [0.4, 0.5) is 5.69 Å². The lowest BCUT2D eigenvalue weighted by Crippen LogP contribution is -2.42. The number of carbonyl (C=O) groups excluding carboxylic acids is 2. The molecule has 2 aromatic heterocycles. The fourth-order valence-corrected chi connectivity index (χ4v) is 4.56. The smallest absolute Gasteiger partial charge is 0.288 e. The van der Waals surface area contributed by atoms with Gasteiger partial charge < -0.3 is 0 Å². The summed E-state index contributed by atoms with van der Waals surface area (Å²) in [6, 6.07) is 16.1. The average molecular weight is 478 g/mol. The van der Waals surface area contributed by atoms with Crippen LogP contribution in [-0.2, 0) is 10.0 Å². The van der Waals surface area contributed by atoms with Gasteiger partial charge in [-0.25, -0.2) is 13.4 Å². The van der Waals surface area contributed by atoms with Crippen molar-refractivity contribution in [1.29, 1.82) is 0 Å². The molecular formula is C24H23N5O4S. The molecule has 0 bridgehead atoms. The molecule has 2 amide bonds. The van der Waals surface area contributed by atoms with Gasteiger partial charge in [-0.15, -0.1) is 0 Å². The number of hydrazine groups is 1. The van der Waals surface area contributed by atoms with Gasteiger partial charge in [0.1, 0.15) is 11.3 Å². The minimum atomic E-state index is -3.77. The molecule has 3 N–H and O–H groups in total. The van der Waals surface area contributed by atoms with Crippen LogP contribution in [0.25, 0.3) is 5.65 Å². The number of sulfonamides is 1. The lowest BCUT2D eigenvalue weighted by Gasteiger charge is -2.11. The maximum Gasteiger partial charge on any atom is 0.288 e. The Morgan fingerprint density at radius 3 is 2.26 bits per heavy atom. The third-order valence-corrected chi connectivity index (χ3v) is 6.78. The molecule has 4 rings (SSSR count). The predicted octanol–water partition coefficient (Wildman–Crippen LogP) is 3.14. The quantitative estimate of drug-likeness (QED) is 0.381. The van der Waals surface area contributed by atoms with Gasteiger partial charge in [-0.3, -0.25) is 29.6 Å². The monoisotopic (exact) mass is 477 g/mol. The second-order valence-electron chi connectivity index (χ2n) is 7.81. The zero-order valence-corrected chi connectivity index (χ0v) is 19.6.